The average Bonchev–Trinajstić information content (AvgIpc) is 2.71. The third-order valence-corrected chi connectivity index (χ3v) is 4.44. The number of nitrogens with zero attached hydrogens (tertiary/aromatic N) is 1. The molecule has 0 amide bonds. The first-order chi connectivity index (χ1) is 8.04. The van der Waals surface area contributed by atoms with E-state index in [-0.39, 0.29) is 0 Å². The zero-order chi connectivity index (χ0) is 12.8. The van der Waals surface area contributed by atoms with Crippen molar-refractivity contribution < 1.29 is 0 Å². The van der Waals surface area contributed by atoms with Gasteiger partial charge in [-0.05, 0) is 30.7 Å². The Bertz CT molecular complexity index is 310. The maximum atomic E-state index is 4.38. The SMILES string of the molecule is CCc1ncc(CNCC(C(C)C)C(C)C)s1. The molecule has 0 aromatic carbocycles. The van der Waals surface area contributed by atoms with Crippen molar-refractivity contribution in [3.05, 3.63) is 16.1 Å². The largest absolute Gasteiger partial charge is 0.312 e. The van der Waals surface area contributed by atoms with Crippen molar-refractivity contribution >= 4 is 11.3 Å². The third kappa shape index (κ3) is 4.76. The number of thiazole rings is 1. The van der Waals surface area contributed by atoms with Crippen molar-refractivity contribution in [2.75, 3.05) is 6.54 Å². The van der Waals surface area contributed by atoms with Crippen LogP contribution in [-0.4, -0.2) is 11.5 Å². The van der Waals surface area contributed by atoms with Gasteiger partial charge in [0, 0.05) is 17.6 Å². The highest BCUT2D eigenvalue weighted by Gasteiger charge is 2.16. The molecule has 0 fully saturated rings. The van der Waals surface area contributed by atoms with Crippen LogP contribution in [0.25, 0.3) is 0 Å². The van der Waals surface area contributed by atoms with Gasteiger partial charge in [-0.15, -0.1) is 11.3 Å². The molecule has 17 heavy (non-hydrogen) atoms. The van der Waals surface area contributed by atoms with Gasteiger partial charge in [0.2, 0.25) is 0 Å². The lowest BCUT2D eigenvalue weighted by atomic mass is 9.85. The molecule has 0 aliphatic heterocycles. The summed E-state index contributed by atoms with van der Waals surface area (Å²) in [5.41, 5.74) is 0. The van der Waals surface area contributed by atoms with Crippen LogP contribution in [0.3, 0.4) is 0 Å². The molecule has 3 heteroatoms. The molecular formula is C14H26N2S. The molecule has 98 valence electrons. The number of rotatable bonds is 7. The van der Waals surface area contributed by atoms with Crippen LogP contribution >= 0.6 is 11.3 Å². The Hall–Kier alpha value is -0.410. The van der Waals surface area contributed by atoms with Gasteiger partial charge in [0.1, 0.15) is 0 Å². The summed E-state index contributed by atoms with van der Waals surface area (Å²) in [6.07, 6.45) is 3.06. The molecular weight excluding hydrogens is 228 g/mol. The molecule has 0 bridgehead atoms. The molecule has 0 saturated heterocycles. The van der Waals surface area contributed by atoms with Crippen LogP contribution in [0.15, 0.2) is 6.20 Å². The molecule has 0 atom stereocenters. The van der Waals surface area contributed by atoms with Crippen molar-refractivity contribution in [2.45, 2.75) is 47.6 Å². The maximum absolute atomic E-state index is 4.38. The van der Waals surface area contributed by atoms with E-state index in [1.54, 1.807) is 0 Å². The quantitative estimate of drug-likeness (QED) is 0.802. The number of hydrogen-bond donors (Lipinski definition) is 1. The zero-order valence-corrected chi connectivity index (χ0v) is 12.6. The van der Waals surface area contributed by atoms with Crippen molar-refractivity contribution in [3.8, 4) is 0 Å². The number of hydrogen-bond acceptors (Lipinski definition) is 3. The Morgan fingerprint density at radius 3 is 2.35 bits per heavy atom. The lowest BCUT2D eigenvalue weighted by Crippen LogP contribution is -2.29. The Balaban J connectivity index is 2.35. The normalized spacial score (nSPS) is 12.0. The monoisotopic (exact) mass is 254 g/mol. The topological polar surface area (TPSA) is 24.9 Å². The summed E-state index contributed by atoms with van der Waals surface area (Å²) in [5.74, 6) is 2.25. The number of aromatic nitrogens is 1. The molecule has 0 unspecified atom stereocenters. The molecule has 0 radical (unpaired) electrons. The average molecular weight is 254 g/mol. The van der Waals surface area contributed by atoms with E-state index in [1.165, 1.54) is 9.88 Å². The minimum atomic E-state index is 0.746. The second-order valence-electron chi connectivity index (χ2n) is 5.36. The van der Waals surface area contributed by atoms with Gasteiger partial charge in [-0.25, -0.2) is 4.98 Å². The van der Waals surface area contributed by atoms with Crippen LogP contribution in [0.1, 0.15) is 44.5 Å². The van der Waals surface area contributed by atoms with Crippen molar-refractivity contribution in [1.29, 1.82) is 0 Å². The van der Waals surface area contributed by atoms with Gasteiger partial charge in [-0.3, -0.25) is 0 Å². The first-order valence-electron chi connectivity index (χ1n) is 6.68. The van der Waals surface area contributed by atoms with Crippen molar-refractivity contribution in [2.24, 2.45) is 17.8 Å². The highest BCUT2D eigenvalue weighted by molar-refractivity contribution is 7.11. The summed E-state index contributed by atoms with van der Waals surface area (Å²) >= 11 is 1.83. The van der Waals surface area contributed by atoms with E-state index in [2.05, 4.69) is 44.9 Å². The van der Waals surface area contributed by atoms with Gasteiger partial charge >= 0.3 is 0 Å². The molecule has 0 spiro atoms. The van der Waals surface area contributed by atoms with Gasteiger partial charge in [0.25, 0.3) is 0 Å². The lowest BCUT2D eigenvalue weighted by Gasteiger charge is -2.25. The van der Waals surface area contributed by atoms with Gasteiger partial charge in [-0.2, -0.15) is 0 Å². The van der Waals surface area contributed by atoms with E-state index in [4.69, 9.17) is 0 Å². The summed E-state index contributed by atoms with van der Waals surface area (Å²) in [6.45, 7) is 13.5. The van der Waals surface area contributed by atoms with Gasteiger partial charge < -0.3 is 5.32 Å². The summed E-state index contributed by atoms with van der Waals surface area (Å²) in [5, 5.41) is 4.81. The minimum Gasteiger partial charge on any atom is -0.312 e. The summed E-state index contributed by atoms with van der Waals surface area (Å²) in [6, 6.07) is 0. The van der Waals surface area contributed by atoms with E-state index in [0.29, 0.717) is 0 Å². The predicted octanol–water partition coefficient (Wildman–Crippen LogP) is 3.72. The van der Waals surface area contributed by atoms with E-state index in [9.17, 15) is 0 Å². The standard InChI is InChI=1S/C14H26N2S/c1-6-14-16-8-12(17-14)7-15-9-13(10(2)3)11(4)5/h8,10-11,13,15H,6-7,9H2,1-5H3. The molecule has 0 aliphatic carbocycles. The lowest BCUT2D eigenvalue weighted by molar-refractivity contribution is 0.276. The Morgan fingerprint density at radius 2 is 1.88 bits per heavy atom. The van der Waals surface area contributed by atoms with Crippen LogP contribution in [0.2, 0.25) is 0 Å². The summed E-state index contributed by atoms with van der Waals surface area (Å²) in [4.78, 5) is 5.74. The van der Waals surface area contributed by atoms with Crippen LogP contribution in [0, 0.1) is 17.8 Å². The maximum Gasteiger partial charge on any atom is 0.0925 e. The van der Waals surface area contributed by atoms with Gasteiger partial charge in [0.05, 0.1) is 5.01 Å². The summed E-state index contributed by atoms with van der Waals surface area (Å²) in [7, 11) is 0. The highest BCUT2D eigenvalue weighted by atomic mass is 32.1. The van der Waals surface area contributed by atoms with E-state index in [1.807, 2.05) is 17.5 Å². The van der Waals surface area contributed by atoms with Crippen LogP contribution in [-0.2, 0) is 13.0 Å². The smallest absolute Gasteiger partial charge is 0.0925 e. The third-order valence-electron chi connectivity index (χ3n) is 3.30. The summed E-state index contributed by atoms with van der Waals surface area (Å²) < 4.78 is 0. The fourth-order valence-corrected chi connectivity index (χ4v) is 3.03. The van der Waals surface area contributed by atoms with E-state index in [0.717, 1.165) is 37.3 Å². The molecule has 1 heterocycles. The first-order valence-corrected chi connectivity index (χ1v) is 7.50. The first kappa shape index (κ1) is 14.7. The zero-order valence-electron chi connectivity index (χ0n) is 11.8. The second kappa shape index (κ2) is 7.12. The van der Waals surface area contributed by atoms with Crippen LogP contribution in [0.4, 0.5) is 0 Å². The van der Waals surface area contributed by atoms with Gasteiger partial charge in [0.15, 0.2) is 0 Å². The molecule has 1 N–H and O–H groups in total. The molecule has 0 aliphatic rings. The van der Waals surface area contributed by atoms with Crippen molar-refractivity contribution in [1.82, 2.24) is 10.3 Å². The number of aryl methyl sites for hydroxylation is 1. The predicted molar refractivity (Wildman–Crippen MR) is 76.4 cm³/mol. The molecule has 2 nitrogen and oxygen atoms in total. The Kier molecular flexibility index (Phi) is 6.14. The molecule has 1 rings (SSSR count). The second-order valence-corrected chi connectivity index (χ2v) is 6.56. The van der Waals surface area contributed by atoms with Crippen molar-refractivity contribution in [3.63, 3.8) is 0 Å². The minimum absolute atomic E-state index is 0.746. The molecule has 1 aromatic rings. The van der Waals surface area contributed by atoms with Crippen LogP contribution in [0.5, 0.6) is 0 Å². The Morgan fingerprint density at radius 1 is 1.24 bits per heavy atom. The van der Waals surface area contributed by atoms with Gasteiger partial charge in [-0.1, -0.05) is 34.6 Å². The molecule has 1 aromatic heterocycles. The Labute approximate surface area is 110 Å². The highest BCUT2D eigenvalue weighted by Crippen LogP contribution is 2.20. The molecule has 0 saturated carbocycles. The van der Waals surface area contributed by atoms with E-state index >= 15 is 0 Å². The van der Waals surface area contributed by atoms with Crippen LogP contribution < -0.4 is 5.32 Å². The fourth-order valence-electron chi connectivity index (χ4n) is 2.20. The van der Waals surface area contributed by atoms with E-state index < -0.39 is 0 Å². The number of nitrogens with one attached hydrogen (secondary N) is 1. The fraction of sp³-hybridized carbons (Fsp3) is 0.786.